The Morgan fingerprint density at radius 1 is 1.25 bits per heavy atom. The summed E-state index contributed by atoms with van der Waals surface area (Å²) in [6, 6.07) is 0.204. The van der Waals surface area contributed by atoms with Gasteiger partial charge in [0.1, 0.15) is 6.33 Å². The predicted molar refractivity (Wildman–Crippen MR) is 79.3 cm³/mol. The van der Waals surface area contributed by atoms with Crippen LogP contribution in [0.5, 0.6) is 0 Å². The summed E-state index contributed by atoms with van der Waals surface area (Å²) in [5.74, 6) is 0.0134. The number of hydrogen-bond acceptors (Lipinski definition) is 4. The van der Waals surface area contributed by atoms with E-state index in [9.17, 15) is 4.39 Å². The molecule has 1 aromatic heterocycles. The van der Waals surface area contributed by atoms with E-state index in [1.165, 1.54) is 6.33 Å². The summed E-state index contributed by atoms with van der Waals surface area (Å²) >= 11 is 0. The van der Waals surface area contributed by atoms with Crippen molar-refractivity contribution in [2.75, 3.05) is 5.32 Å². The Balaban J connectivity index is 2.17. The van der Waals surface area contributed by atoms with Gasteiger partial charge < -0.3 is 10.6 Å². The zero-order chi connectivity index (χ0) is 15.0. The van der Waals surface area contributed by atoms with Crippen molar-refractivity contribution < 1.29 is 4.39 Å². The van der Waals surface area contributed by atoms with Crippen LogP contribution in [0.4, 0.5) is 10.2 Å². The highest BCUT2D eigenvalue weighted by Crippen LogP contribution is 2.30. The summed E-state index contributed by atoms with van der Waals surface area (Å²) in [6.07, 6.45) is 3.87. The van der Waals surface area contributed by atoms with Gasteiger partial charge in [-0.3, -0.25) is 0 Å². The standard InChI is InChI=1S/C15H25FN4/c1-6-11-12(16)13(18-9-17-11)19-10-7-14(2,3)20-15(4,5)8-10/h9-10,20H,6-8H2,1-5H3,(H,17,18,19). The van der Waals surface area contributed by atoms with Gasteiger partial charge in [0.25, 0.3) is 0 Å². The van der Waals surface area contributed by atoms with Crippen molar-refractivity contribution in [2.24, 2.45) is 0 Å². The maximum absolute atomic E-state index is 14.2. The number of aryl methyl sites for hydroxylation is 1. The molecule has 5 heteroatoms. The second-order valence-electron chi connectivity index (χ2n) is 6.98. The molecule has 1 aromatic rings. The SMILES string of the molecule is CCc1ncnc(NC2CC(C)(C)NC(C)(C)C2)c1F. The lowest BCUT2D eigenvalue weighted by Gasteiger charge is -2.46. The van der Waals surface area contributed by atoms with Gasteiger partial charge in [-0.15, -0.1) is 0 Å². The third-order valence-corrected chi connectivity index (χ3v) is 3.73. The van der Waals surface area contributed by atoms with E-state index in [0.717, 1.165) is 12.8 Å². The summed E-state index contributed by atoms with van der Waals surface area (Å²) in [5.41, 5.74) is 0.516. The van der Waals surface area contributed by atoms with Gasteiger partial charge in [-0.1, -0.05) is 6.92 Å². The number of nitrogens with zero attached hydrogens (tertiary/aromatic N) is 2. The maximum Gasteiger partial charge on any atom is 0.186 e. The lowest BCUT2D eigenvalue weighted by molar-refractivity contribution is 0.170. The van der Waals surface area contributed by atoms with Crippen LogP contribution in [0.3, 0.4) is 0 Å². The first kappa shape index (κ1) is 15.2. The van der Waals surface area contributed by atoms with Crippen LogP contribution < -0.4 is 10.6 Å². The third-order valence-electron chi connectivity index (χ3n) is 3.73. The molecule has 0 amide bonds. The fourth-order valence-corrected chi connectivity index (χ4v) is 3.37. The largest absolute Gasteiger partial charge is 0.365 e. The van der Waals surface area contributed by atoms with Gasteiger partial charge in [0.05, 0.1) is 5.69 Å². The molecule has 20 heavy (non-hydrogen) atoms. The van der Waals surface area contributed by atoms with Gasteiger partial charge >= 0.3 is 0 Å². The van der Waals surface area contributed by atoms with Gasteiger partial charge in [0.15, 0.2) is 11.6 Å². The van der Waals surface area contributed by atoms with Gasteiger partial charge in [0.2, 0.25) is 0 Å². The first-order chi connectivity index (χ1) is 9.22. The number of hydrogen-bond donors (Lipinski definition) is 2. The normalized spacial score (nSPS) is 21.7. The van der Waals surface area contributed by atoms with Gasteiger partial charge in [-0.25, -0.2) is 14.4 Å². The van der Waals surface area contributed by atoms with Crippen LogP contribution in [0.15, 0.2) is 6.33 Å². The molecular weight excluding hydrogens is 255 g/mol. The zero-order valence-electron chi connectivity index (χ0n) is 13.0. The van der Waals surface area contributed by atoms with Crippen LogP contribution in [0, 0.1) is 5.82 Å². The molecule has 1 aliphatic heterocycles. The maximum atomic E-state index is 14.2. The van der Waals surface area contributed by atoms with Crippen molar-refractivity contribution in [1.82, 2.24) is 15.3 Å². The first-order valence-corrected chi connectivity index (χ1v) is 7.28. The van der Waals surface area contributed by atoms with Crippen LogP contribution in [0.1, 0.15) is 53.2 Å². The van der Waals surface area contributed by atoms with Crippen molar-refractivity contribution in [3.63, 3.8) is 0 Å². The molecule has 1 aliphatic rings. The zero-order valence-corrected chi connectivity index (χ0v) is 13.0. The van der Waals surface area contributed by atoms with E-state index in [4.69, 9.17) is 0 Å². The molecule has 0 saturated carbocycles. The third kappa shape index (κ3) is 3.45. The molecule has 0 aliphatic carbocycles. The molecule has 2 N–H and O–H groups in total. The van der Waals surface area contributed by atoms with E-state index in [1.54, 1.807) is 0 Å². The summed E-state index contributed by atoms with van der Waals surface area (Å²) in [5, 5.41) is 6.89. The van der Waals surface area contributed by atoms with E-state index in [1.807, 2.05) is 6.92 Å². The molecule has 0 spiro atoms. The van der Waals surface area contributed by atoms with Crippen molar-refractivity contribution >= 4 is 5.82 Å². The molecule has 1 fully saturated rings. The monoisotopic (exact) mass is 280 g/mol. The van der Waals surface area contributed by atoms with Crippen LogP contribution in [0.2, 0.25) is 0 Å². The highest BCUT2D eigenvalue weighted by Gasteiger charge is 2.38. The summed E-state index contributed by atoms with van der Waals surface area (Å²) in [7, 11) is 0. The Bertz CT molecular complexity index is 469. The van der Waals surface area contributed by atoms with Gasteiger partial charge in [-0.05, 0) is 47.0 Å². The average molecular weight is 280 g/mol. The van der Waals surface area contributed by atoms with Crippen molar-refractivity contribution in [3.8, 4) is 0 Å². The number of piperidine rings is 1. The van der Waals surface area contributed by atoms with E-state index in [2.05, 4.69) is 48.3 Å². The number of halogens is 1. The lowest BCUT2D eigenvalue weighted by atomic mass is 9.79. The van der Waals surface area contributed by atoms with Crippen LogP contribution >= 0.6 is 0 Å². The Morgan fingerprint density at radius 2 is 1.85 bits per heavy atom. The summed E-state index contributed by atoms with van der Waals surface area (Å²) in [4.78, 5) is 8.03. The summed E-state index contributed by atoms with van der Waals surface area (Å²) < 4.78 is 14.2. The van der Waals surface area contributed by atoms with Crippen molar-refractivity contribution in [2.45, 2.75) is 71.0 Å². The average Bonchev–Trinajstić information content (AvgIpc) is 2.27. The fourth-order valence-electron chi connectivity index (χ4n) is 3.37. The topological polar surface area (TPSA) is 49.8 Å². The molecule has 0 aromatic carbocycles. The van der Waals surface area contributed by atoms with E-state index >= 15 is 0 Å². The van der Waals surface area contributed by atoms with Crippen molar-refractivity contribution in [1.29, 1.82) is 0 Å². The molecule has 0 radical (unpaired) electrons. The second-order valence-corrected chi connectivity index (χ2v) is 6.98. The highest BCUT2D eigenvalue weighted by molar-refractivity contribution is 5.39. The quantitative estimate of drug-likeness (QED) is 0.894. The van der Waals surface area contributed by atoms with Crippen LogP contribution in [0.25, 0.3) is 0 Å². The summed E-state index contributed by atoms with van der Waals surface area (Å²) in [6.45, 7) is 10.6. The predicted octanol–water partition coefficient (Wildman–Crippen LogP) is 2.90. The molecule has 112 valence electrons. The molecule has 0 unspecified atom stereocenters. The second kappa shape index (κ2) is 5.28. The lowest BCUT2D eigenvalue weighted by Crippen LogP contribution is -2.60. The minimum Gasteiger partial charge on any atom is -0.365 e. The number of aromatic nitrogens is 2. The molecule has 4 nitrogen and oxygen atoms in total. The molecular formula is C15H25FN4. The number of nitrogens with one attached hydrogen (secondary N) is 2. The van der Waals surface area contributed by atoms with Gasteiger partial charge in [0, 0.05) is 17.1 Å². The van der Waals surface area contributed by atoms with E-state index < -0.39 is 0 Å². The fraction of sp³-hybridized carbons (Fsp3) is 0.733. The Labute approximate surface area is 120 Å². The highest BCUT2D eigenvalue weighted by atomic mass is 19.1. The van der Waals surface area contributed by atoms with Crippen LogP contribution in [-0.2, 0) is 6.42 Å². The Morgan fingerprint density at radius 3 is 2.40 bits per heavy atom. The molecule has 0 atom stereocenters. The smallest absolute Gasteiger partial charge is 0.186 e. The van der Waals surface area contributed by atoms with E-state index in [0.29, 0.717) is 17.9 Å². The molecule has 2 heterocycles. The molecule has 0 bridgehead atoms. The number of anilines is 1. The van der Waals surface area contributed by atoms with Gasteiger partial charge in [-0.2, -0.15) is 0 Å². The van der Waals surface area contributed by atoms with Crippen LogP contribution in [-0.4, -0.2) is 27.1 Å². The van der Waals surface area contributed by atoms with E-state index in [-0.39, 0.29) is 22.9 Å². The van der Waals surface area contributed by atoms with Crippen molar-refractivity contribution in [3.05, 3.63) is 17.8 Å². The molecule has 1 saturated heterocycles. The minimum absolute atomic E-state index is 0.0243. The number of rotatable bonds is 3. The minimum atomic E-state index is -0.316. The molecule has 2 rings (SSSR count). The Kier molecular flexibility index (Phi) is 4.00. The Hall–Kier alpha value is -1.23. The first-order valence-electron chi connectivity index (χ1n) is 7.28.